The Hall–Kier alpha value is -1.70. The van der Waals surface area contributed by atoms with E-state index in [-0.39, 0.29) is 5.88 Å². The van der Waals surface area contributed by atoms with Gasteiger partial charge in [0.25, 0.3) is 0 Å². The van der Waals surface area contributed by atoms with E-state index >= 15 is 0 Å². The number of halogens is 1. The summed E-state index contributed by atoms with van der Waals surface area (Å²) >= 11 is 0. The van der Waals surface area contributed by atoms with Crippen LogP contribution in [0.25, 0.3) is 0 Å². The van der Waals surface area contributed by atoms with Crippen molar-refractivity contribution in [3.8, 4) is 5.88 Å². The number of nitrogens with zero attached hydrogens (tertiary/aromatic N) is 3. The molecule has 0 amide bonds. The second kappa shape index (κ2) is 5.76. The van der Waals surface area contributed by atoms with E-state index < -0.39 is 16.1 Å². The van der Waals surface area contributed by atoms with Gasteiger partial charge in [0, 0.05) is 18.8 Å². The van der Waals surface area contributed by atoms with Crippen molar-refractivity contribution in [2.45, 2.75) is 20.4 Å². The maximum atomic E-state index is 12.2. The molecule has 0 saturated heterocycles. The summed E-state index contributed by atoms with van der Waals surface area (Å²) in [5, 5.41) is 4.09. The highest BCUT2D eigenvalue weighted by Gasteiger charge is 2.17. The molecular formula is C10H14FN3O3S. The lowest BCUT2D eigenvalue weighted by Gasteiger charge is -2.04. The van der Waals surface area contributed by atoms with E-state index in [1.165, 1.54) is 16.9 Å². The van der Waals surface area contributed by atoms with E-state index in [1.807, 2.05) is 0 Å². The maximum absolute atomic E-state index is 12.2. The van der Waals surface area contributed by atoms with E-state index in [0.717, 1.165) is 0 Å². The van der Waals surface area contributed by atoms with Crippen LogP contribution in [-0.4, -0.2) is 29.9 Å². The summed E-state index contributed by atoms with van der Waals surface area (Å²) in [6.07, 6.45) is 1.35. The SMILES string of the molecule is C=CN=C(C)c1cc(OS(=O)(=O)CF)n(CC)n1. The lowest BCUT2D eigenvalue weighted by molar-refractivity contribution is 0.422. The number of aliphatic imine (C=N–C) groups is 1. The van der Waals surface area contributed by atoms with Gasteiger partial charge in [-0.15, -0.1) is 0 Å². The van der Waals surface area contributed by atoms with E-state index in [2.05, 4.69) is 20.9 Å². The Kier molecular flexibility index (Phi) is 4.60. The Morgan fingerprint density at radius 2 is 2.39 bits per heavy atom. The van der Waals surface area contributed by atoms with Gasteiger partial charge in [-0.25, -0.2) is 9.07 Å². The normalized spacial score (nSPS) is 12.5. The van der Waals surface area contributed by atoms with Gasteiger partial charge in [-0.3, -0.25) is 4.99 Å². The molecule has 0 spiro atoms. The topological polar surface area (TPSA) is 73.5 Å². The summed E-state index contributed by atoms with van der Waals surface area (Å²) in [7, 11) is -4.22. The van der Waals surface area contributed by atoms with Crippen molar-refractivity contribution in [3.05, 3.63) is 24.5 Å². The van der Waals surface area contributed by atoms with Crippen LogP contribution in [-0.2, 0) is 16.7 Å². The van der Waals surface area contributed by atoms with Crippen LogP contribution in [0.2, 0.25) is 0 Å². The third-order valence-electron chi connectivity index (χ3n) is 2.04. The van der Waals surface area contributed by atoms with Crippen LogP contribution >= 0.6 is 0 Å². The highest BCUT2D eigenvalue weighted by atomic mass is 32.2. The van der Waals surface area contributed by atoms with Gasteiger partial charge in [0.1, 0.15) is 5.69 Å². The molecule has 0 aliphatic heterocycles. The van der Waals surface area contributed by atoms with Crippen LogP contribution in [0.1, 0.15) is 19.5 Å². The van der Waals surface area contributed by atoms with Gasteiger partial charge in [0.15, 0.2) is 0 Å². The maximum Gasteiger partial charge on any atom is 0.340 e. The smallest absolute Gasteiger partial charge is 0.340 e. The summed E-state index contributed by atoms with van der Waals surface area (Å²) in [5.74, 6) is -0.0382. The monoisotopic (exact) mass is 275 g/mol. The first kappa shape index (κ1) is 14.4. The largest absolute Gasteiger partial charge is 0.360 e. The average Bonchev–Trinajstić information content (AvgIpc) is 2.72. The van der Waals surface area contributed by atoms with Gasteiger partial charge in [-0.05, 0) is 13.8 Å². The molecule has 0 N–H and O–H groups in total. The number of alkyl halides is 1. The highest BCUT2D eigenvalue weighted by Crippen LogP contribution is 2.17. The van der Waals surface area contributed by atoms with Crippen LogP contribution in [0.15, 0.2) is 23.8 Å². The van der Waals surface area contributed by atoms with Gasteiger partial charge in [-0.1, -0.05) is 6.58 Å². The second-order valence-corrected chi connectivity index (χ2v) is 4.83. The van der Waals surface area contributed by atoms with Crippen molar-refractivity contribution in [2.24, 2.45) is 4.99 Å². The standard InChI is InChI=1S/C10H14FN3O3S/c1-4-12-8(3)9-6-10(14(5-2)13-9)17-18(15,16)7-11/h4,6H,1,5,7H2,2-3H3. The molecule has 100 valence electrons. The molecular weight excluding hydrogens is 261 g/mol. The highest BCUT2D eigenvalue weighted by molar-refractivity contribution is 7.86. The quantitative estimate of drug-likeness (QED) is 0.582. The molecule has 1 rings (SSSR count). The van der Waals surface area contributed by atoms with Crippen molar-refractivity contribution in [1.29, 1.82) is 0 Å². The summed E-state index contributed by atoms with van der Waals surface area (Å²) < 4.78 is 40.2. The number of aryl methyl sites for hydroxylation is 1. The molecule has 0 bridgehead atoms. The molecule has 0 saturated carbocycles. The number of hydrogen-bond acceptors (Lipinski definition) is 5. The average molecular weight is 275 g/mol. The predicted octanol–water partition coefficient (Wildman–Crippen LogP) is 1.49. The van der Waals surface area contributed by atoms with E-state index in [4.69, 9.17) is 0 Å². The molecule has 18 heavy (non-hydrogen) atoms. The fourth-order valence-corrected chi connectivity index (χ4v) is 1.66. The minimum atomic E-state index is -4.22. The summed E-state index contributed by atoms with van der Waals surface area (Å²) in [6.45, 7) is 7.28. The van der Waals surface area contributed by atoms with Crippen molar-refractivity contribution in [2.75, 3.05) is 6.01 Å². The molecule has 0 radical (unpaired) electrons. The molecule has 1 aromatic rings. The van der Waals surface area contributed by atoms with E-state index in [1.54, 1.807) is 13.8 Å². The van der Waals surface area contributed by atoms with Gasteiger partial charge in [0.05, 0.1) is 5.71 Å². The first-order valence-electron chi connectivity index (χ1n) is 5.15. The zero-order valence-electron chi connectivity index (χ0n) is 10.1. The lowest BCUT2D eigenvalue weighted by Crippen LogP contribution is -2.13. The van der Waals surface area contributed by atoms with Crippen LogP contribution in [0, 0.1) is 0 Å². The summed E-state index contributed by atoms with van der Waals surface area (Å²) in [6, 6.07) is -0.198. The Labute approximate surface area is 105 Å². The Morgan fingerprint density at radius 1 is 1.72 bits per heavy atom. The van der Waals surface area contributed by atoms with Crippen molar-refractivity contribution >= 4 is 15.8 Å². The molecule has 6 nitrogen and oxygen atoms in total. The fourth-order valence-electron chi connectivity index (χ4n) is 1.23. The van der Waals surface area contributed by atoms with Crippen LogP contribution in [0.5, 0.6) is 5.88 Å². The van der Waals surface area contributed by atoms with Crippen molar-refractivity contribution in [3.63, 3.8) is 0 Å². The Balaban J connectivity index is 3.13. The molecule has 8 heteroatoms. The number of hydrogen-bond donors (Lipinski definition) is 0. The molecule has 0 unspecified atom stereocenters. The van der Waals surface area contributed by atoms with Gasteiger partial charge in [0.2, 0.25) is 11.9 Å². The zero-order chi connectivity index (χ0) is 13.8. The molecule has 0 atom stereocenters. The minimum absolute atomic E-state index is 0.0382. The van der Waals surface area contributed by atoms with Crippen LogP contribution < -0.4 is 4.18 Å². The molecule has 0 aromatic carbocycles. The third-order valence-corrected chi connectivity index (χ3v) is 2.74. The second-order valence-electron chi connectivity index (χ2n) is 3.33. The van der Waals surface area contributed by atoms with Gasteiger partial charge >= 0.3 is 10.1 Å². The van der Waals surface area contributed by atoms with Crippen molar-refractivity contribution in [1.82, 2.24) is 9.78 Å². The molecule has 0 aliphatic carbocycles. The fraction of sp³-hybridized carbons (Fsp3) is 0.400. The molecule has 1 heterocycles. The zero-order valence-corrected chi connectivity index (χ0v) is 10.9. The minimum Gasteiger partial charge on any atom is -0.360 e. The lowest BCUT2D eigenvalue weighted by atomic mass is 10.3. The molecule has 0 fully saturated rings. The molecule has 0 aliphatic rings. The van der Waals surface area contributed by atoms with E-state index in [9.17, 15) is 12.8 Å². The van der Waals surface area contributed by atoms with Crippen LogP contribution in [0.4, 0.5) is 4.39 Å². The van der Waals surface area contributed by atoms with Crippen molar-refractivity contribution < 1.29 is 17.0 Å². The Bertz CT molecular complexity index is 563. The third kappa shape index (κ3) is 3.39. The Morgan fingerprint density at radius 3 is 2.89 bits per heavy atom. The number of aromatic nitrogens is 2. The number of rotatable bonds is 6. The summed E-state index contributed by atoms with van der Waals surface area (Å²) in [5.41, 5.74) is 1.00. The predicted molar refractivity (Wildman–Crippen MR) is 65.8 cm³/mol. The van der Waals surface area contributed by atoms with E-state index in [0.29, 0.717) is 18.0 Å². The van der Waals surface area contributed by atoms with Gasteiger partial charge in [-0.2, -0.15) is 13.5 Å². The molecule has 1 aromatic heterocycles. The first-order chi connectivity index (χ1) is 8.43. The summed E-state index contributed by atoms with van der Waals surface area (Å²) in [4.78, 5) is 3.93. The first-order valence-corrected chi connectivity index (χ1v) is 6.73. The van der Waals surface area contributed by atoms with Crippen LogP contribution in [0.3, 0.4) is 0 Å². The van der Waals surface area contributed by atoms with Gasteiger partial charge < -0.3 is 4.18 Å².